The molecule has 0 atom stereocenters. The molecule has 3 N–H and O–H groups in total. The molecule has 1 rings (SSSR count). The molecular weight excluding hydrogens is 372 g/mol. The van der Waals surface area contributed by atoms with Crippen LogP contribution in [0.4, 0.5) is 0 Å². The van der Waals surface area contributed by atoms with Crippen LogP contribution in [0.3, 0.4) is 0 Å². The zero-order chi connectivity index (χ0) is 17.4. The molecule has 1 aromatic rings. The molecule has 0 amide bonds. The summed E-state index contributed by atoms with van der Waals surface area (Å²) in [6, 6.07) is 5.72. The minimum atomic E-state index is 0. The molecule has 0 fully saturated rings. The first kappa shape index (κ1) is 30.4. The van der Waals surface area contributed by atoms with Crippen LogP contribution in [0.2, 0.25) is 0 Å². The summed E-state index contributed by atoms with van der Waals surface area (Å²) in [5.74, 6) is 0. The molecule has 0 spiro atoms. The third-order valence-electron chi connectivity index (χ3n) is 2.20. The van der Waals surface area contributed by atoms with Crippen molar-refractivity contribution >= 4 is 22.8 Å². The molecule has 11 heteroatoms. The second-order valence-electron chi connectivity index (χ2n) is 3.76. The van der Waals surface area contributed by atoms with Gasteiger partial charge in [-0.15, -0.1) is 0 Å². The number of hydrogen-bond acceptors (Lipinski definition) is 9. The maximum atomic E-state index is 9.63. The summed E-state index contributed by atoms with van der Waals surface area (Å²) in [4.78, 5) is 3.78. The molecule has 1 aromatic heterocycles. The first-order chi connectivity index (χ1) is 10.4. The molecule has 0 aliphatic heterocycles. The van der Waals surface area contributed by atoms with E-state index in [0.717, 1.165) is 0 Å². The normalized spacial score (nSPS) is 11.5. The number of aromatic nitrogens is 1. The van der Waals surface area contributed by atoms with Crippen LogP contribution in [-0.4, -0.2) is 43.5 Å². The Morgan fingerprint density at radius 1 is 0.750 bits per heavy atom. The van der Waals surface area contributed by atoms with Crippen molar-refractivity contribution in [1.29, 1.82) is 0 Å². The van der Waals surface area contributed by atoms with Gasteiger partial charge in [-0.25, -0.2) is 0 Å². The average Bonchev–Trinajstić information content (AvgIpc) is 2.61. The fourth-order valence-electron chi connectivity index (χ4n) is 0.596. The van der Waals surface area contributed by atoms with Gasteiger partial charge in [-0.2, -0.15) is 0 Å². The van der Waals surface area contributed by atoms with Gasteiger partial charge in [0.05, 0.1) is 11.4 Å². The topological polar surface area (TPSA) is 146 Å². The molecule has 24 heavy (non-hydrogen) atoms. The van der Waals surface area contributed by atoms with Gasteiger partial charge in [0.15, 0.2) is 0 Å². The Hall–Kier alpha value is -1.46. The maximum Gasteiger partial charge on any atom is 1.00 e. The van der Waals surface area contributed by atoms with Crippen LogP contribution in [0.1, 0.15) is 27.7 Å². The van der Waals surface area contributed by atoms with Crippen LogP contribution in [0, 0.1) is 5.21 Å². The molecule has 0 aromatic carbocycles. The van der Waals surface area contributed by atoms with Gasteiger partial charge in [-0.05, 0) is 39.8 Å². The predicted octanol–water partition coefficient (Wildman–Crippen LogP) is -0.435. The largest absolute Gasteiger partial charge is 1.00 e. The van der Waals surface area contributed by atoms with Gasteiger partial charge >= 0.3 is 29.6 Å². The maximum absolute atomic E-state index is 9.63. The number of hydrogen-bond donors (Lipinski definition) is 3. The smallest absolute Gasteiger partial charge is 0.792 e. The van der Waals surface area contributed by atoms with Crippen LogP contribution in [-0.2, 0) is 16.8 Å². The van der Waals surface area contributed by atoms with Crippen molar-refractivity contribution in [3.63, 3.8) is 0 Å². The SMILES string of the molecule is CC(=N\O)/C(C)=N/O.CC(=N\[O-])/C(C)=N/O.[Co].[Na+].c1ccncc1. The Morgan fingerprint density at radius 2 is 1.08 bits per heavy atom. The van der Waals surface area contributed by atoms with Crippen LogP contribution < -0.4 is 29.6 Å². The molecule has 0 bridgehead atoms. The Balaban J connectivity index is -0.000000121. The first-order valence-corrected chi connectivity index (χ1v) is 6.03. The van der Waals surface area contributed by atoms with E-state index in [1.807, 2.05) is 18.2 Å². The minimum absolute atomic E-state index is 0. The molecule has 1 radical (unpaired) electrons. The molecule has 0 saturated carbocycles. The van der Waals surface area contributed by atoms with Crippen molar-refractivity contribution in [2.45, 2.75) is 27.7 Å². The number of oxime groups is 3. The summed E-state index contributed by atoms with van der Waals surface area (Å²) < 4.78 is 0. The van der Waals surface area contributed by atoms with Crippen LogP contribution in [0.5, 0.6) is 0 Å². The van der Waals surface area contributed by atoms with Crippen molar-refractivity contribution < 1.29 is 62.0 Å². The molecule has 131 valence electrons. The zero-order valence-corrected chi connectivity index (χ0v) is 17.2. The van der Waals surface area contributed by atoms with Gasteiger partial charge in [0.25, 0.3) is 0 Å². The third-order valence-corrected chi connectivity index (χ3v) is 2.20. The average molecular weight is 392 g/mol. The third kappa shape index (κ3) is 18.6. The fourth-order valence-corrected chi connectivity index (χ4v) is 0.596. The zero-order valence-electron chi connectivity index (χ0n) is 14.2. The van der Waals surface area contributed by atoms with E-state index >= 15 is 0 Å². The summed E-state index contributed by atoms with van der Waals surface area (Å²) in [7, 11) is 0. The standard InChI is InChI=1S/C5H5N.2C4H8N2O2.Co.Na/c1-2-4-6-5-3-1;2*1-3(5-7)4(2)6-8;;/h1-5H;2*7-8H,1-2H3;;/q;;;;+1/p-1/b;2*5-3+,6-4+;;. The second-order valence-corrected chi connectivity index (χ2v) is 3.76. The summed E-state index contributed by atoms with van der Waals surface area (Å²) in [6.07, 6.45) is 3.50. The number of pyridine rings is 1. The molecule has 9 nitrogen and oxygen atoms in total. The van der Waals surface area contributed by atoms with Gasteiger partial charge in [0, 0.05) is 29.2 Å². The van der Waals surface area contributed by atoms with Gasteiger partial charge in [0.1, 0.15) is 11.4 Å². The van der Waals surface area contributed by atoms with E-state index in [9.17, 15) is 5.21 Å². The summed E-state index contributed by atoms with van der Waals surface area (Å²) in [5, 5.41) is 44.5. The number of rotatable bonds is 2. The van der Waals surface area contributed by atoms with Crippen molar-refractivity contribution in [2.75, 3.05) is 0 Å². The van der Waals surface area contributed by atoms with E-state index in [1.165, 1.54) is 27.7 Å². The molecule has 0 saturated heterocycles. The Morgan fingerprint density at radius 3 is 1.21 bits per heavy atom. The van der Waals surface area contributed by atoms with Crippen molar-refractivity contribution in [3.8, 4) is 0 Å². The first-order valence-electron chi connectivity index (χ1n) is 6.03. The summed E-state index contributed by atoms with van der Waals surface area (Å²) >= 11 is 0. The Bertz CT molecular complexity index is 434. The molecule has 0 unspecified atom stereocenters. The van der Waals surface area contributed by atoms with E-state index in [2.05, 4.69) is 25.6 Å². The Kier molecular flexibility index (Phi) is 27.3. The van der Waals surface area contributed by atoms with Crippen molar-refractivity contribution in [3.05, 3.63) is 35.8 Å². The van der Waals surface area contributed by atoms with Gasteiger partial charge in [0.2, 0.25) is 0 Å². The summed E-state index contributed by atoms with van der Waals surface area (Å²) in [5.41, 5.74) is 1.08. The van der Waals surface area contributed by atoms with Gasteiger partial charge in [-0.1, -0.05) is 21.5 Å². The van der Waals surface area contributed by atoms with Crippen LogP contribution in [0.15, 0.2) is 51.2 Å². The number of nitrogens with zero attached hydrogens (tertiary/aromatic N) is 5. The monoisotopic (exact) mass is 392 g/mol. The van der Waals surface area contributed by atoms with Gasteiger partial charge in [-0.3, -0.25) is 4.98 Å². The molecule has 0 aliphatic rings. The molecular formula is C13H20CoN5NaO4. The summed E-state index contributed by atoms with van der Waals surface area (Å²) in [6.45, 7) is 6.04. The molecule has 0 aliphatic carbocycles. The molecule has 1 heterocycles. The van der Waals surface area contributed by atoms with E-state index < -0.39 is 0 Å². The minimum Gasteiger partial charge on any atom is -0.792 e. The quantitative estimate of drug-likeness (QED) is 0.270. The van der Waals surface area contributed by atoms with Gasteiger partial charge < -0.3 is 26.0 Å². The van der Waals surface area contributed by atoms with E-state index in [0.29, 0.717) is 11.4 Å². The van der Waals surface area contributed by atoms with Crippen LogP contribution >= 0.6 is 0 Å². The van der Waals surface area contributed by atoms with E-state index in [4.69, 9.17) is 15.6 Å². The van der Waals surface area contributed by atoms with Crippen molar-refractivity contribution in [1.82, 2.24) is 4.98 Å². The predicted molar refractivity (Wildman–Crippen MR) is 85.4 cm³/mol. The fraction of sp³-hybridized carbons (Fsp3) is 0.308. The second kappa shape index (κ2) is 21.5. The van der Waals surface area contributed by atoms with E-state index in [1.54, 1.807) is 12.4 Å². The van der Waals surface area contributed by atoms with Crippen LogP contribution in [0.25, 0.3) is 0 Å². The van der Waals surface area contributed by atoms with Crippen molar-refractivity contribution in [2.24, 2.45) is 20.6 Å². The Labute approximate surface area is 173 Å². The van der Waals surface area contributed by atoms with E-state index in [-0.39, 0.29) is 57.8 Å².